The highest BCUT2D eigenvalue weighted by atomic mass is 32.2. The van der Waals surface area contributed by atoms with Gasteiger partial charge in [-0.3, -0.25) is 4.21 Å². The van der Waals surface area contributed by atoms with Gasteiger partial charge in [-0.05, 0) is 37.1 Å². The highest BCUT2D eigenvalue weighted by Crippen LogP contribution is 2.14. The molecule has 2 N–H and O–H groups in total. The van der Waals surface area contributed by atoms with E-state index in [4.69, 9.17) is 5.11 Å². The molecular formula is C14H19NO4S2. The molecule has 0 fully saturated rings. The van der Waals surface area contributed by atoms with Crippen molar-refractivity contribution >= 4 is 20.8 Å². The second-order valence-electron chi connectivity index (χ2n) is 4.47. The van der Waals surface area contributed by atoms with Gasteiger partial charge >= 0.3 is 0 Å². The van der Waals surface area contributed by atoms with Crippen LogP contribution in [0.15, 0.2) is 23.1 Å². The molecule has 1 unspecified atom stereocenters. The molecule has 0 bridgehead atoms. The monoisotopic (exact) mass is 329 g/mol. The molecule has 116 valence electrons. The molecule has 0 aliphatic carbocycles. The smallest absolute Gasteiger partial charge is 0.240 e. The summed E-state index contributed by atoms with van der Waals surface area (Å²) in [5, 5.41) is 8.66. The van der Waals surface area contributed by atoms with Crippen molar-refractivity contribution < 1.29 is 17.7 Å². The number of aliphatic hydroxyl groups is 1. The molecule has 7 heteroatoms. The average Bonchev–Trinajstić information content (AvgIpc) is 2.42. The van der Waals surface area contributed by atoms with E-state index in [0.29, 0.717) is 17.7 Å². The summed E-state index contributed by atoms with van der Waals surface area (Å²) in [4.78, 5) is 0.173. The van der Waals surface area contributed by atoms with Gasteiger partial charge in [0.15, 0.2) is 0 Å². The molecule has 0 aliphatic heterocycles. The van der Waals surface area contributed by atoms with Crippen molar-refractivity contribution in [1.29, 1.82) is 0 Å². The normalized spacial score (nSPS) is 12.5. The van der Waals surface area contributed by atoms with Crippen molar-refractivity contribution in [3.05, 3.63) is 29.3 Å². The van der Waals surface area contributed by atoms with E-state index in [1.165, 1.54) is 6.07 Å². The quantitative estimate of drug-likeness (QED) is 0.584. The van der Waals surface area contributed by atoms with E-state index < -0.39 is 20.8 Å². The van der Waals surface area contributed by atoms with Crippen LogP contribution < -0.4 is 4.72 Å². The second kappa shape index (κ2) is 8.29. The third-order valence-corrected chi connectivity index (χ3v) is 5.03. The summed E-state index contributed by atoms with van der Waals surface area (Å²) in [6.07, 6.45) is 2.12. The van der Waals surface area contributed by atoms with Gasteiger partial charge in [0.1, 0.15) is 6.61 Å². The summed E-state index contributed by atoms with van der Waals surface area (Å²) in [5.41, 5.74) is 1.41. The molecule has 1 aromatic carbocycles. The third kappa shape index (κ3) is 5.98. The fourth-order valence-electron chi connectivity index (χ4n) is 1.64. The summed E-state index contributed by atoms with van der Waals surface area (Å²) < 4.78 is 37.6. The Morgan fingerprint density at radius 1 is 1.38 bits per heavy atom. The van der Waals surface area contributed by atoms with Gasteiger partial charge in [0, 0.05) is 34.9 Å². The maximum atomic E-state index is 12.1. The van der Waals surface area contributed by atoms with Crippen LogP contribution in [0.2, 0.25) is 0 Å². The first kappa shape index (κ1) is 17.9. The number of benzene rings is 1. The van der Waals surface area contributed by atoms with Gasteiger partial charge in [0.25, 0.3) is 0 Å². The summed E-state index contributed by atoms with van der Waals surface area (Å²) in [6.45, 7) is 1.79. The topological polar surface area (TPSA) is 83.5 Å². The summed E-state index contributed by atoms with van der Waals surface area (Å²) in [6, 6.07) is 4.64. The Morgan fingerprint density at radius 2 is 2.10 bits per heavy atom. The first-order valence-corrected chi connectivity index (χ1v) is 9.58. The molecule has 0 saturated heterocycles. The molecule has 0 saturated carbocycles. The minimum atomic E-state index is -3.56. The van der Waals surface area contributed by atoms with Crippen molar-refractivity contribution in [2.45, 2.75) is 18.2 Å². The highest BCUT2D eigenvalue weighted by molar-refractivity contribution is 7.89. The Kier molecular flexibility index (Phi) is 7.05. The van der Waals surface area contributed by atoms with Crippen molar-refractivity contribution in [3.63, 3.8) is 0 Å². The van der Waals surface area contributed by atoms with Crippen LogP contribution >= 0.6 is 0 Å². The number of sulfonamides is 1. The lowest BCUT2D eigenvalue weighted by Crippen LogP contribution is -2.25. The molecule has 0 amide bonds. The molecule has 0 aromatic heterocycles. The summed E-state index contributed by atoms with van der Waals surface area (Å²) in [5.74, 6) is 5.75. The van der Waals surface area contributed by atoms with Crippen LogP contribution in [0.1, 0.15) is 17.5 Å². The van der Waals surface area contributed by atoms with Gasteiger partial charge in [-0.25, -0.2) is 13.1 Å². The molecule has 21 heavy (non-hydrogen) atoms. The standard InChI is InChI=1S/C14H19NO4S2/c1-12-11-14(7-6-13(12)5-3-9-16)21(18,19)15-8-4-10-20(2)17/h6-7,11,15-16H,4,8-10H2,1-2H3. The number of nitrogens with one attached hydrogen (secondary N) is 1. The zero-order valence-electron chi connectivity index (χ0n) is 12.0. The lowest BCUT2D eigenvalue weighted by molar-refractivity contribution is 0.350. The lowest BCUT2D eigenvalue weighted by Gasteiger charge is -2.08. The van der Waals surface area contributed by atoms with Crippen LogP contribution in [0.4, 0.5) is 0 Å². The third-order valence-electron chi connectivity index (χ3n) is 2.71. The molecule has 0 heterocycles. The molecule has 0 radical (unpaired) electrons. The van der Waals surface area contributed by atoms with Gasteiger partial charge in [-0.2, -0.15) is 0 Å². The molecule has 1 aromatic rings. The number of hydrogen-bond acceptors (Lipinski definition) is 4. The fraction of sp³-hybridized carbons (Fsp3) is 0.429. The van der Waals surface area contributed by atoms with E-state index in [2.05, 4.69) is 16.6 Å². The maximum Gasteiger partial charge on any atom is 0.240 e. The zero-order valence-corrected chi connectivity index (χ0v) is 13.7. The van der Waals surface area contributed by atoms with Crippen LogP contribution in [-0.4, -0.2) is 42.9 Å². The van der Waals surface area contributed by atoms with Crippen molar-refractivity contribution in [2.24, 2.45) is 0 Å². The van der Waals surface area contributed by atoms with E-state index in [9.17, 15) is 12.6 Å². The Hall–Kier alpha value is -1.20. The Balaban J connectivity index is 2.79. The average molecular weight is 329 g/mol. The lowest BCUT2D eigenvalue weighted by atomic mass is 10.1. The van der Waals surface area contributed by atoms with Crippen molar-refractivity contribution in [2.75, 3.05) is 25.2 Å². The van der Waals surface area contributed by atoms with Crippen LogP contribution in [0.3, 0.4) is 0 Å². The van der Waals surface area contributed by atoms with Gasteiger partial charge in [-0.1, -0.05) is 11.8 Å². The Morgan fingerprint density at radius 3 is 2.67 bits per heavy atom. The van der Waals surface area contributed by atoms with Gasteiger partial charge in [-0.15, -0.1) is 0 Å². The predicted octanol–water partition coefficient (Wildman–Crippen LogP) is 0.386. The minimum Gasteiger partial charge on any atom is -0.384 e. The fourth-order valence-corrected chi connectivity index (χ4v) is 3.35. The van der Waals surface area contributed by atoms with Crippen LogP contribution in [0.25, 0.3) is 0 Å². The second-order valence-corrected chi connectivity index (χ2v) is 7.79. The first-order valence-electron chi connectivity index (χ1n) is 6.37. The van der Waals surface area contributed by atoms with E-state index in [-0.39, 0.29) is 18.0 Å². The highest BCUT2D eigenvalue weighted by Gasteiger charge is 2.14. The molecule has 5 nitrogen and oxygen atoms in total. The number of aryl methyl sites for hydroxylation is 1. The Labute approximate surface area is 128 Å². The van der Waals surface area contributed by atoms with Crippen molar-refractivity contribution in [3.8, 4) is 11.8 Å². The molecule has 1 atom stereocenters. The molecule has 0 aliphatic rings. The largest absolute Gasteiger partial charge is 0.384 e. The van der Waals surface area contributed by atoms with E-state index in [1.54, 1.807) is 25.3 Å². The summed E-state index contributed by atoms with van der Waals surface area (Å²) >= 11 is 0. The summed E-state index contributed by atoms with van der Waals surface area (Å²) in [7, 11) is -4.48. The van der Waals surface area contributed by atoms with Gasteiger partial charge in [0.2, 0.25) is 10.0 Å². The number of hydrogen-bond donors (Lipinski definition) is 2. The van der Waals surface area contributed by atoms with Gasteiger partial charge < -0.3 is 5.11 Å². The molecule has 0 spiro atoms. The Bertz CT molecular complexity index is 672. The first-order chi connectivity index (χ1) is 9.86. The predicted molar refractivity (Wildman–Crippen MR) is 83.9 cm³/mol. The zero-order chi connectivity index (χ0) is 15.9. The molecular weight excluding hydrogens is 310 g/mol. The van der Waals surface area contributed by atoms with Crippen LogP contribution in [-0.2, 0) is 20.8 Å². The number of aliphatic hydroxyl groups excluding tert-OH is 1. The number of rotatable bonds is 6. The minimum absolute atomic E-state index is 0.173. The maximum absolute atomic E-state index is 12.1. The van der Waals surface area contributed by atoms with E-state index in [1.807, 2.05) is 0 Å². The van der Waals surface area contributed by atoms with Crippen LogP contribution in [0.5, 0.6) is 0 Å². The van der Waals surface area contributed by atoms with Crippen molar-refractivity contribution in [1.82, 2.24) is 4.72 Å². The van der Waals surface area contributed by atoms with E-state index >= 15 is 0 Å². The molecule has 1 rings (SSSR count). The SMILES string of the molecule is Cc1cc(S(=O)(=O)NCCCS(C)=O)ccc1C#CCO. The van der Waals surface area contributed by atoms with E-state index in [0.717, 1.165) is 5.56 Å². The van der Waals surface area contributed by atoms with Crippen LogP contribution in [0, 0.1) is 18.8 Å². The van der Waals surface area contributed by atoms with Gasteiger partial charge in [0.05, 0.1) is 4.90 Å².